The summed E-state index contributed by atoms with van der Waals surface area (Å²) in [6, 6.07) is 0. The summed E-state index contributed by atoms with van der Waals surface area (Å²) in [6.07, 6.45) is 0. The first-order valence-electron chi connectivity index (χ1n) is 2.30. The zero-order chi connectivity index (χ0) is 5.15. The van der Waals surface area contributed by atoms with Crippen molar-refractivity contribution in [3.63, 3.8) is 0 Å². The van der Waals surface area contributed by atoms with E-state index >= 15 is 0 Å². The van der Waals surface area contributed by atoms with Crippen molar-refractivity contribution in [1.29, 1.82) is 0 Å². The Hall–Kier alpha value is 3.27. The van der Waals surface area contributed by atoms with Gasteiger partial charge in [0.1, 0.15) is 0 Å². The molecule has 0 atom stereocenters. The quantitative estimate of drug-likeness (QED) is 0.272. The fourth-order valence-corrected chi connectivity index (χ4v) is 0. The molecule has 0 spiro atoms. The van der Waals surface area contributed by atoms with E-state index in [2.05, 4.69) is 27.7 Å². The molecule has 0 aromatic rings. The van der Waals surface area contributed by atoms with E-state index in [9.17, 15) is 0 Å². The Morgan fingerprint density at radius 2 is 1.12 bits per heavy atom. The maximum atomic E-state index is 3.73. The molecule has 0 nitrogen and oxygen atoms in total. The van der Waals surface area contributed by atoms with E-state index in [0.29, 0.717) is 11.8 Å². The minimum atomic E-state index is 0. The first-order chi connectivity index (χ1) is 2.64. The Kier molecular flexibility index (Phi) is 22.3. The molecular formula is C6H12K2. The molecule has 0 aromatic heterocycles. The molecule has 0 saturated heterocycles. The number of hydrogen-bond donors (Lipinski definition) is 0. The molecule has 0 aromatic carbocycles. The van der Waals surface area contributed by atoms with Crippen LogP contribution >= 0.6 is 0 Å². The van der Waals surface area contributed by atoms with Crippen LogP contribution in [0.2, 0.25) is 0 Å². The predicted octanol–water partition coefficient (Wildman–Crippen LogP) is -4.07. The van der Waals surface area contributed by atoms with Crippen LogP contribution in [0.15, 0.2) is 0 Å². The molecule has 0 bridgehead atoms. The monoisotopic (exact) mass is 162 g/mol. The van der Waals surface area contributed by atoms with Crippen LogP contribution in [0.3, 0.4) is 0 Å². The topological polar surface area (TPSA) is 0 Å². The molecule has 0 fully saturated rings. The first-order valence-corrected chi connectivity index (χ1v) is 2.30. The van der Waals surface area contributed by atoms with Gasteiger partial charge in [0.15, 0.2) is 0 Å². The average Bonchev–Trinajstić information content (AvgIpc) is 1.36. The molecule has 0 unspecified atom stereocenters. The zero-order valence-electron chi connectivity index (χ0n) is 6.57. The molecule has 38 valence electrons. The van der Waals surface area contributed by atoms with Crippen molar-refractivity contribution in [3.05, 3.63) is 13.8 Å². The van der Waals surface area contributed by atoms with Gasteiger partial charge in [-0.15, -0.1) is 0 Å². The number of hydrogen-bond acceptors (Lipinski definition) is 0. The number of rotatable bonds is 1. The van der Waals surface area contributed by atoms with E-state index in [0.717, 1.165) is 0 Å². The molecule has 0 N–H and O–H groups in total. The van der Waals surface area contributed by atoms with Gasteiger partial charge in [-0.3, -0.25) is 0 Å². The van der Waals surface area contributed by atoms with Gasteiger partial charge in [-0.25, -0.2) is 0 Å². The maximum Gasteiger partial charge on any atom is 1.00 e. The van der Waals surface area contributed by atoms with Crippen molar-refractivity contribution < 1.29 is 103 Å². The Bertz CT molecular complexity index is 27.5. The second kappa shape index (κ2) is 10.3. The molecular weight excluding hydrogens is 150 g/mol. The fourth-order valence-electron chi connectivity index (χ4n) is 0. The Morgan fingerprint density at radius 1 is 1.00 bits per heavy atom. The van der Waals surface area contributed by atoms with Gasteiger partial charge in [0.25, 0.3) is 0 Å². The van der Waals surface area contributed by atoms with Crippen molar-refractivity contribution in [2.24, 2.45) is 11.8 Å². The van der Waals surface area contributed by atoms with Crippen molar-refractivity contribution in [2.45, 2.75) is 13.8 Å². The molecule has 8 heavy (non-hydrogen) atoms. The molecule has 0 rings (SSSR count). The van der Waals surface area contributed by atoms with Gasteiger partial charge in [-0.1, -0.05) is 19.8 Å². The van der Waals surface area contributed by atoms with Gasteiger partial charge < -0.3 is 19.8 Å². The van der Waals surface area contributed by atoms with E-state index in [-0.39, 0.29) is 103 Å². The zero-order valence-corrected chi connectivity index (χ0v) is 12.8. The second-order valence-electron chi connectivity index (χ2n) is 2.00. The largest absolute Gasteiger partial charge is 1.00 e. The Balaban J connectivity index is -0.000000125. The van der Waals surface area contributed by atoms with E-state index < -0.39 is 0 Å². The van der Waals surface area contributed by atoms with E-state index in [1.54, 1.807) is 0 Å². The fraction of sp³-hybridized carbons (Fsp3) is 0.667. The van der Waals surface area contributed by atoms with E-state index in [4.69, 9.17) is 0 Å². The van der Waals surface area contributed by atoms with Crippen LogP contribution in [0, 0.1) is 25.7 Å². The summed E-state index contributed by atoms with van der Waals surface area (Å²) in [6.45, 7) is 11.7. The first kappa shape index (κ1) is 17.4. The third-order valence-corrected chi connectivity index (χ3v) is 0.943. The molecule has 0 heterocycles. The van der Waals surface area contributed by atoms with Gasteiger partial charge in [-0.2, -0.15) is 0 Å². The summed E-state index contributed by atoms with van der Waals surface area (Å²) in [4.78, 5) is 0. The molecule has 0 aliphatic heterocycles. The maximum absolute atomic E-state index is 3.73. The van der Waals surface area contributed by atoms with Gasteiger partial charge in [0.2, 0.25) is 0 Å². The molecule has 2 heteroatoms. The minimum absolute atomic E-state index is 0. The van der Waals surface area contributed by atoms with E-state index in [1.807, 2.05) is 0 Å². The minimum Gasteiger partial charge on any atom is -0.369 e. The molecule has 0 aliphatic carbocycles. The Labute approximate surface area is 138 Å². The summed E-state index contributed by atoms with van der Waals surface area (Å²) in [5, 5.41) is 0. The van der Waals surface area contributed by atoms with Crippen LogP contribution < -0.4 is 103 Å². The average molecular weight is 162 g/mol. The molecule has 0 radical (unpaired) electrons. The van der Waals surface area contributed by atoms with Crippen molar-refractivity contribution in [1.82, 2.24) is 0 Å². The third kappa shape index (κ3) is 12.0. The summed E-state index contributed by atoms with van der Waals surface area (Å²) < 4.78 is 0. The van der Waals surface area contributed by atoms with Gasteiger partial charge in [0, 0.05) is 0 Å². The molecule has 0 amide bonds. The third-order valence-electron chi connectivity index (χ3n) is 0.943. The van der Waals surface area contributed by atoms with Crippen molar-refractivity contribution in [3.8, 4) is 0 Å². The van der Waals surface area contributed by atoms with E-state index in [1.165, 1.54) is 0 Å². The SMILES string of the molecule is [CH2-]C([CH2-])C(C)C.[K+].[K+]. The van der Waals surface area contributed by atoms with Gasteiger partial charge in [-0.05, 0) is 0 Å². The van der Waals surface area contributed by atoms with Crippen LogP contribution in [0.4, 0.5) is 0 Å². The summed E-state index contributed by atoms with van der Waals surface area (Å²) in [5.74, 6) is 0.981. The van der Waals surface area contributed by atoms with Crippen molar-refractivity contribution >= 4 is 0 Å². The van der Waals surface area contributed by atoms with Crippen LogP contribution in [-0.4, -0.2) is 0 Å². The van der Waals surface area contributed by atoms with Crippen LogP contribution in [0.25, 0.3) is 0 Å². The van der Waals surface area contributed by atoms with Crippen LogP contribution in [-0.2, 0) is 0 Å². The molecule has 0 saturated carbocycles. The summed E-state index contributed by atoms with van der Waals surface area (Å²) >= 11 is 0. The predicted molar refractivity (Wildman–Crippen MR) is 29.0 cm³/mol. The van der Waals surface area contributed by atoms with Gasteiger partial charge in [0.05, 0.1) is 0 Å². The molecule has 0 aliphatic rings. The Morgan fingerprint density at radius 3 is 1.12 bits per heavy atom. The van der Waals surface area contributed by atoms with Crippen LogP contribution in [0.1, 0.15) is 13.8 Å². The normalized spacial score (nSPS) is 8.25. The summed E-state index contributed by atoms with van der Waals surface area (Å²) in [5.41, 5.74) is 0. The standard InChI is InChI=1S/C6H12.2K/c1-5(2)6(3)4;;/h5-6H,1-2H2,3-4H3;;/q-2;2*+1. The second-order valence-corrected chi connectivity index (χ2v) is 2.00. The summed E-state index contributed by atoms with van der Waals surface area (Å²) in [7, 11) is 0. The smallest absolute Gasteiger partial charge is 0.369 e. The van der Waals surface area contributed by atoms with Crippen LogP contribution in [0.5, 0.6) is 0 Å². The van der Waals surface area contributed by atoms with Gasteiger partial charge >= 0.3 is 103 Å². The van der Waals surface area contributed by atoms with Crippen molar-refractivity contribution in [2.75, 3.05) is 0 Å².